The van der Waals surface area contributed by atoms with E-state index < -0.39 is 72.2 Å². The van der Waals surface area contributed by atoms with Crippen LogP contribution in [0.2, 0.25) is 0 Å². The van der Waals surface area contributed by atoms with Crippen LogP contribution in [0.4, 0.5) is 13.2 Å². The van der Waals surface area contributed by atoms with E-state index in [1.165, 1.54) is 0 Å². The molecule has 4 amide bonds. The number of carbonyl (C=O) groups excluding carboxylic acids is 5. The Morgan fingerprint density at radius 2 is 1.86 bits per heavy atom. The van der Waals surface area contributed by atoms with Crippen LogP contribution in [0.1, 0.15) is 53.4 Å². The molecule has 0 bridgehead atoms. The lowest BCUT2D eigenvalue weighted by Gasteiger charge is -2.31. The van der Waals surface area contributed by atoms with Gasteiger partial charge in [-0.1, -0.05) is 0 Å². The minimum atomic E-state index is -5.06. The molecular weight excluding hydrogens is 501 g/mol. The predicted octanol–water partition coefficient (Wildman–Crippen LogP) is 0.165. The van der Waals surface area contributed by atoms with E-state index in [-0.39, 0.29) is 24.9 Å². The minimum Gasteiger partial charge on any atom is -0.373 e. The zero-order chi connectivity index (χ0) is 27.7. The van der Waals surface area contributed by atoms with Crippen LogP contribution in [-0.2, 0) is 33.4 Å². The van der Waals surface area contributed by atoms with E-state index in [0.29, 0.717) is 19.4 Å². The highest BCUT2D eigenvalue weighted by molar-refractivity contribution is 6.35. The van der Waals surface area contributed by atoms with Gasteiger partial charge in [0.1, 0.15) is 12.6 Å². The van der Waals surface area contributed by atoms with Gasteiger partial charge in [-0.2, -0.15) is 0 Å². The maximum absolute atomic E-state index is 13.3. The Labute approximate surface area is 212 Å². The first-order valence-corrected chi connectivity index (χ1v) is 12.2. The summed E-state index contributed by atoms with van der Waals surface area (Å²) in [6.45, 7) is 5.85. The molecule has 3 aliphatic heterocycles. The zero-order valence-corrected chi connectivity index (χ0v) is 21.1. The second kappa shape index (κ2) is 10.9. The molecule has 3 saturated heterocycles. The van der Waals surface area contributed by atoms with Crippen molar-refractivity contribution >= 4 is 29.4 Å². The number of Topliss-reactive ketones (excluding diaryl/α,β-unsaturated/α-hetero) is 1. The summed E-state index contributed by atoms with van der Waals surface area (Å²) in [5.41, 5.74) is -0.721. The summed E-state index contributed by atoms with van der Waals surface area (Å²) in [4.78, 5) is 64.9. The van der Waals surface area contributed by atoms with Crippen LogP contribution in [0.25, 0.3) is 0 Å². The number of hydrogen-bond acceptors (Lipinski definition) is 7. The Balaban J connectivity index is 1.79. The van der Waals surface area contributed by atoms with E-state index in [4.69, 9.17) is 4.74 Å². The fraction of sp³-hybridized carbons (Fsp3) is 0.783. The summed E-state index contributed by atoms with van der Waals surface area (Å²) in [5.74, 6) is -4.83. The van der Waals surface area contributed by atoms with Gasteiger partial charge in [0.2, 0.25) is 11.8 Å². The number of ketones is 1. The van der Waals surface area contributed by atoms with Crippen LogP contribution in [0.5, 0.6) is 0 Å². The third-order valence-electron chi connectivity index (χ3n) is 6.54. The van der Waals surface area contributed by atoms with E-state index in [0.717, 1.165) is 4.90 Å². The standard InChI is InChI=1S/C23H33F3N4O7/c1-11-7-14-17(37-11)9-15(30(14)21(35)20(34)29-22(2,3)4)19(33)28-13(8-12-5-6-27-18(12)32)16(31)10-36-23(24,25)26/h11-15,17H,5-10H2,1-4H3,(H,27,32)(H,28,33)(H,29,34)/t11-,12+,13+,14+,15+,17+/m1/s1. The maximum atomic E-state index is 13.3. The monoisotopic (exact) mass is 534 g/mol. The minimum absolute atomic E-state index is 0.0409. The molecule has 3 heterocycles. The van der Waals surface area contributed by atoms with Crippen LogP contribution in [0.3, 0.4) is 0 Å². The molecule has 3 rings (SSSR count). The first kappa shape index (κ1) is 28.8. The van der Waals surface area contributed by atoms with E-state index >= 15 is 0 Å². The van der Waals surface area contributed by atoms with Crippen molar-refractivity contribution in [3.63, 3.8) is 0 Å². The Bertz CT molecular complexity index is 936. The smallest absolute Gasteiger partial charge is 0.373 e. The number of hydrogen-bond donors (Lipinski definition) is 3. The second-order valence-corrected chi connectivity index (χ2v) is 10.7. The molecule has 0 unspecified atom stereocenters. The zero-order valence-electron chi connectivity index (χ0n) is 21.1. The molecule has 37 heavy (non-hydrogen) atoms. The fourth-order valence-corrected chi connectivity index (χ4v) is 4.99. The van der Waals surface area contributed by atoms with Gasteiger partial charge in [0, 0.05) is 24.4 Å². The molecule has 0 aliphatic carbocycles. The van der Waals surface area contributed by atoms with Gasteiger partial charge < -0.3 is 25.6 Å². The van der Waals surface area contributed by atoms with Gasteiger partial charge in [0.15, 0.2) is 5.78 Å². The van der Waals surface area contributed by atoms with Crippen molar-refractivity contribution in [1.29, 1.82) is 0 Å². The van der Waals surface area contributed by atoms with Crippen LogP contribution in [0.15, 0.2) is 0 Å². The van der Waals surface area contributed by atoms with Crippen LogP contribution >= 0.6 is 0 Å². The largest absolute Gasteiger partial charge is 0.522 e. The number of rotatable bonds is 7. The molecule has 3 aliphatic rings. The maximum Gasteiger partial charge on any atom is 0.522 e. The summed E-state index contributed by atoms with van der Waals surface area (Å²) in [7, 11) is 0. The number of carbonyl (C=O) groups is 5. The van der Waals surface area contributed by atoms with Crippen molar-refractivity contribution in [3.8, 4) is 0 Å². The molecule has 0 aromatic rings. The Hall–Kier alpha value is -2.74. The first-order chi connectivity index (χ1) is 17.1. The highest BCUT2D eigenvalue weighted by Crippen LogP contribution is 2.37. The highest BCUT2D eigenvalue weighted by atomic mass is 19.4. The predicted molar refractivity (Wildman–Crippen MR) is 121 cm³/mol. The summed E-state index contributed by atoms with van der Waals surface area (Å²) >= 11 is 0. The van der Waals surface area contributed by atoms with Crippen LogP contribution < -0.4 is 16.0 Å². The van der Waals surface area contributed by atoms with Crippen molar-refractivity contribution in [2.45, 2.75) is 95.6 Å². The molecule has 208 valence electrons. The molecule has 3 fully saturated rings. The second-order valence-electron chi connectivity index (χ2n) is 10.7. The summed E-state index contributed by atoms with van der Waals surface area (Å²) < 4.78 is 47.0. The summed E-state index contributed by atoms with van der Waals surface area (Å²) in [6.07, 6.45) is -5.27. The molecule has 6 atom stereocenters. The van der Waals surface area contributed by atoms with E-state index in [9.17, 15) is 37.1 Å². The van der Waals surface area contributed by atoms with Crippen molar-refractivity contribution in [2.24, 2.45) is 5.92 Å². The van der Waals surface area contributed by atoms with E-state index in [2.05, 4.69) is 20.7 Å². The van der Waals surface area contributed by atoms with Crippen LogP contribution in [-0.4, -0.2) is 89.7 Å². The topological polar surface area (TPSA) is 143 Å². The van der Waals surface area contributed by atoms with Crippen molar-refractivity contribution in [2.75, 3.05) is 13.2 Å². The lowest BCUT2D eigenvalue weighted by atomic mass is 9.95. The number of ether oxygens (including phenoxy) is 2. The molecule has 0 spiro atoms. The number of nitrogens with one attached hydrogen (secondary N) is 3. The average Bonchev–Trinajstić information content (AvgIpc) is 3.42. The quantitative estimate of drug-likeness (QED) is 0.395. The third-order valence-corrected chi connectivity index (χ3v) is 6.54. The number of nitrogens with zero attached hydrogens (tertiary/aromatic N) is 1. The molecule has 11 nitrogen and oxygen atoms in total. The van der Waals surface area contributed by atoms with Crippen molar-refractivity contribution in [3.05, 3.63) is 0 Å². The Kier molecular flexibility index (Phi) is 8.52. The third kappa shape index (κ3) is 7.40. The number of likely N-dealkylation sites (tertiary alicyclic amines) is 1. The van der Waals surface area contributed by atoms with E-state index in [1.54, 1.807) is 27.7 Å². The SMILES string of the molecule is C[C@@H]1C[C@H]2[C@H](C[C@@H](C(=O)N[C@@H](C[C@@H]3CCNC3=O)C(=O)COC(F)(F)F)N2C(=O)C(=O)NC(C)(C)C)O1. The number of amides is 4. The highest BCUT2D eigenvalue weighted by Gasteiger charge is 2.53. The van der Waals surface area contributed by atoms with E-state index in [1.807, 2.05) is 0 Å². The fourth-order valence-electron chi connectivity index (χ4n) is 4.99. The number of alkyl halides is 3. The average molecular weight is 535 g/mol. The molecule has 0 radical (unpaired) electrons. The lowest BCUT2D eigenvalue weighted by Crippen LogP contribution is -2.57. The van der Waals surface area contributed by atoms with Crippen molar-refractivity contribution in [1.82, 2.24) is 20.9 Å². The molecular formula is C23H33F3N4O7. The first-order valence-electron chi connectivity index (χ1n) is 12.2. The summed E-state index contributed by atoms with van der Waals surface area (Å²) in [6, 6.07) is -3.23. The number of halogens is 3. The van der Waals surface area contributed by atoms with Gasteiger partial charge in [0.25, 0.3) is 0 Å². The normalized spacial score (nSPS) is 28.5. The van der Waals surface area contributed by atoms with Gasteiger partial charge in [-0.25, -0.2) is 0 Å². The Morgan fingerprint density at radius 1 is 1.19 bits per heavy atom. The molecule has 0 aromatic carbocycles. The van der Waals surface area contributed by atoms with Crippen LogP contribution in [0, 0.1) is 5.92 Å². The van der Waals surface area contributed by atoms with Gasteiger partial charge in [0.05, 0.1) is 24.3 Å². The lowest BCUT2D eigenvalue weighted by molar-refractivity contribution is -0.321. The van der Waals surface area contributed by atoms with Gasteiger partial charge in [-0.05, 0) is 47.0 Å². The molecule has 3 N–H and O–H groups in total. The molecule has 0 aromatic heterocycles. The Morgan fingerprint density at radius 3 is 2.43 bits per heavy atom. The van der Waals surface area contributed by atoms with Gasteiger partial charge in [-0.3, -0.25) is 28.7 Å². The molecule has 0 saturated carbocycles. The van der Waals surface area contributed by atoms with Gasteiger partial charge in [-0.15, -0.1) is 13.2 Å². The molecule has 14 heteroatoms. The van der Waals surface area contributed by atoms with Crippen molar-refractivity contribution < 1.29 is 46.6 Å². The number of fused-ring (bicyclic) bond motifs is 1. The summed E-state index contributed by atoms with van der Waals surface area (Å²) in [5, 5.41) is 7.56. The van der Waals surface area contributed by atoms with Gasteiger partial charge >= 0.3 is 18.2 Å².